The highest BCUT2D eigenvalue weighted by Gasteiger charge is 2.41. The van der Waals surface area contributed by atoms with Crippen molar-refractivity contribution in [3.8, 4) is 0 Å². The Morgan fingerprint density at radius 3 is 1.44 bits per heavy atom. The molecule has 1 atom stereocenters. The van der Waals surface area contributed by atoms with Gasteiger partial charge in [-0.3, -0.25) is 0 Å². The van der Waals surface area contributed by atoms with Crippen molar-refractivity contribution in [2.45, 2.75) is 143 Å². The van der Waals surface area contributed by atoms with Crippen molar-refractivity contribution in [3.63, 3.8) is 0 Å². The van der Waals surface area contributed by atoms with Crippen molar-refractivity contribution in [3.05, 3.63) is 121 Å². The third-order valence-corrected chi connectivity index (χ3v) is 6.84. The Kier molecular flexibility index (Phi) is 35.8. The standard InChI is InChI=1S/C23H32.C10H14.C3H8.C3H6.3C2H6/c1-8-10-21-22(5,6)20(15-16-23(21,7)9-2)19-13-11-18(12-14-19)17(3)4;1-6-7-10(8(2)3)9(4)5;2*1-3-2;3*1-2/h10-15H,3,8-9,16H2,1-2,4-7H3;6-7H,1-2,4H2,3,5H3;3H2,1-2H3;3H,1H2,2H3;3*1-2H3/b21-10-;;;;;;. The lowest BCUT2D eigenvalue weighted by Crippen LogP contribution is -2.33. The summed E-state index contributed by atoms with van der Waals surface area (Å²) in [5, 5.41) is 0. The first-order valence-corrected chi connectivity index (χ1v) is 17.6. The minimum atomic E-state index is 0.0871. The Labute approximate surface area is 285 Å². The quantitative estimate of drug-likeness (QED) is 0.211. The minimum absolute atomic E-state index is 0.0871. The predicted octanol–water partition coefficient (Wildman–Crippen LogP) is 16.2. The van der Waals surface area contributed by atoms with Crippen LogP contribution in [0.4, 0.5) is 0 Å². The molecule has 0 fully saturated rings. The van der Waals surface area contributed by atoms with Gasteiger partial charge in [0.15, 0.2) is 0 Å². The number of benzene rings is 1. The first-order chi connectivity index (χ1) is 21.2. The normalized spacial score (nSPS) is 15.8. The average Bonchev–Trinajstić information content (AvgIpc) is 3.02. The smallest absolute Gasteiger partial charge is 0.0113 e. The zero-order valence-electron chi connectivity index (χ0n) is 33.6. The maximum Gasteiger partial charge on any atom is 0.0113 e. The van der Waals surface area contributed by atoms with Gasteiger partial charge in [0.1, 0.15) is 0 Å². The Balaban J connectivity index is -0.000000202. The maximum absolute atomic E-state index is 4.04. The lowest BCUT2D eigenvalue weighted by atomic mass is 9.58. The van der Waals surface area contributed by atoms with E-state index in [1.54, 1.807) is 17.7 Å². The fourth-order valence-electron chi connectivity index (χ4n) is 4.81. The second kappa shape index (κ2) is 31.1. The fraction of sp³-hybridized carbons (Fsp3) is 0.511. The molecule has 45 heavy (non-hydrogen) atoms. The third-order valence-electron chi connectivity index (χ3n) is 6.84. The summed E-state index contributed by atoms with van der Waals surface area (Å²) in [5.74, 6) is 0. The predicted molar refractivity (Wildman–Crippen MR) is 218 cm³/mol. The molecule has 0 nitrogen and oxygen atoms in total. The molecule has 0 saturated carbocycles. The summed E-state index contributed by atoms with van der Waals surface area (Å²) in [6, 6.07) is 8.92. The highest BCUT2D eigenvalue weighted by molar-refractivity contribution is 5.76. The molecule has 0 aliphatic heterocycles. The van der Waals surface area contributed by atoms with Gasteiger partial charge in [0, 0.05) is 5.41 Å². The topological polar surface area (TPSA) is 0 Å². The molecule has 1 aliphatic carbocycles. The summed E-state index contributed by atoms with van der Waals surface area (Å²) in [5.41, 5.74) is 10.3. The number of hydrogen-bond donors (Lipinski definition) is 0. The molecular weight excluding hydrogens is 540 g/mol. The molecule has 0 radical (unpaired) electrons. The van der Waals surface area contributed by atoms with Crippen molar-refractivity contribution < 1.29 is 0 Å². The van der Waals surface area contributed by atoms with E-state index >= 15 is 0 Å². The van der Waals surface area contributed by atoms with Gasteiger partial charge in [0.05, 0.1) is 0 Å². The first kappa shape index (κ1) is 51.7. The van der Waals surface area contributed by atoms with Crippen LogP contribution in [0.2, 0.25) is 0 Å². The molecule has 0 spiro atoms. The third kappa shape index (κ3) is 20.0. The van der Waals surface area contributed by atoms with Crippen LogP contribution in [0.15, 0.2) is 110 Å². The Morgan fingerprint density at radius 1 is 0.778 bits per heavy atom. The SMILES string of the molecule is C=C(C)c1ccc(C2=CCC(C)(CC)/C(=C\CC)C2(C)C)cc1.C=CC.C=CC=C(C(=C)C)C(=C)C.CC.CC.CC.CCC. The molecule has 2 rings (SSSR count). The zero-order chi connectivity index (χ0) is 36.8. The van der Waals surface area contributed by atoms with Crippen molar-refractivity contribution in [1.82, 2.24) is 0 Å². The van der Waals surface area contributed by atoms with E-state index < -0.39 is 0 Å². The monoisotopic (exact) mass is 619 g/mol. The molecule has 258 valence electrons. The average molecular weight is 619 g/mol. The van der Waals surface area contributed by atoms with Crippen molar-refractivity contribution in [2.24, 2.45) is 10.8 Å². The Morgan fingerprint density at radius 2 is 1.18 bits per heavy atom. The molecule has 1 aliphatic rings. The van der Waals surface area contributed by atoms with Crippen LogP contribution in [0.1, 0.15) is 155 Å². The fourth-order valence-corrected chi connectivity index (χ4v) is 4.81. The first-order valence-electron chi connectivity index (χ1n) is 17.6. The van der Waals surface area contributed by atoms with E-state index in [2.05, 4.69) is 125 Å². The molecule has 0 saturated heterocycles. The molecule has 0 heterocycles. The van der Waals surface area contributed by atoms with Crippen LogP contribution in [-0.2, 0) is 0 Å². The second-order valence-corrected chi connectivity index (χ2v) is 11.2. The number of rotatable bonds is 7. The summed E-state index contributed by atoms with van der Waals surface area (Å²) in [6.07, 6.45) is 15.1. The van der Waals surface area contributed by atoms with Crippen LogP contribution in [0.25, 0.3) is 11.1 Å². The van der Waals surface area contributed by atoms with Crippen LogP contribution in [-0.4, -0.2) is 0 Å². The molecule has 0 aromatic heterocycles. The summed E-state index contributed by atoms with van der Waals surface area (Å²) in [7, 11) is 0. The summed E-state index contributed by atoms with van der Waals surface area (Å²) in [4.78, 5) is 0. The van der Waals surface area contributed by atoms with Crippen LogP contribution in [0.5, 0.6) is 0 Å². The van der Waals surface area contributed by atoms with Gasteiger partial charge >= 0.3 is 0 Å². The van der Waals surface area contributed by atoms with E-state index in [-0.39, 0.29) is 5.41 Å². The molecule has 0 bridgehead atoms. The molecule has 0 N–H and O–H groups in total. The Bertz CT molecular complexity index is 1010. The lowest BCUT2D eigenvalue weighted by molar-refractivity contribution is 0.310. The van der Waals surface area contributed by atoms with Crippen LogP contribution in [0, 0.1) is 10.8 Å². The summed E-state index contributed by atoms with van der Waals surface area (Å²) >= 11 is 0. The van der Waals surface area contributed by atoms with Crippen molar-refractivity contribution in [2.75, 3.05) is 0 Å². The van der Waals surface area contributed by atoms with Gasteiger partial charge in [-0.25, -0.2) is 0 Å². The van der Waals surface area contributed by atoms with Gasteiger partial charge in [-0.15, -0.1) is 6.58 Å². The summed E-state index contributed by atoms with van der Waals surface area (Å²) in [6.45, 7) is 54.5. The summed E-state index contributed by atoms with van der Waals surface area (Å²) < 4.78 is 0. The van der Waals surface area contributed by atoms with Crippen molar-refractivity contribution in [1.29, 1.82) is 0 Å². The van der Waals surface area contributed by atoms with Crippen LogP contribution in [0.3, 0.4) is 0 Å². The minimum Gasteiger partial charge on any atom is -0.103 e. The van der Waals surface area contributed by atoms with Gasteiger partial charge in [-0.1, -0.05) is 200 Å². The molecule has 0 heteroatoms. The van der Waals surface area contributed by atoms with E-state index in [4.69, 9.17) is 0 Å². The van der Waals surface area contributed by atoms with E-state index in [1.807, 2.05) is 68.4 Å². The maximum atomic E-state index is 4.04. The van der Waals surface area contributed by atoms with Crippen molar-refractivity contribution >= 4 is 11.1 Å². The van der Waals surface area contributed by atoms with Gasteiger partial charge in [-0.2, -0.15) is 0 Å². The van der Waals surface area contributed by atoms with E-state index in [0.717, 1.165) is 35.1 Å². The largest absolute Gasteiger partial charge is 0.103 e. The number of allylic oxidation sites excluding steroid dienone is 11. The highest BCUT2D eigenvalue weighted by atomic mass is 14.5. The van der Waals surface area contributed by atoms with Crippen LogP contribution >= 0.6 is 0 Å². The van der Waals surface area contributed by atoms with Gasteiger partial charge < -0.3 is 0 Å². The zero-order valence-corrected chi connectivity index (χ0v) is 33.6. The van der Waals surface area contributed by atoms with Gasteiger partial charge in [-0.05, 0) is 74.6 Å². The van der Waals surface area contributed by atoms with Crippen LogP contribution < -0.4 is 0 Å². The molecule has 1 unspecified atom stereocenters. The van der Waals surface area contributed by atoms with E-state index in [0.29, 0.717) is 5.41 Å². The molecular formula is C45H78. The molecule has 1 aromatic carbocycles. The molecule has 1 aromatic rings. The van der Waals surface area contributed by atoms with Gasteiger partial charge in [0.2, 0.25) is 0 Å². The number of hydrogen-bond acceptors (Lipinski definition) is 0. The highest BCUT2D eigenvalue weighted by Crippen LogP contribution is 2.55. The second-order valence-electron chi connectivity index (χ2n) is 11.2. The Hall–Kier alpha value is -2.86. The van der Waals surface area contributed by atoms with E-state index in [9.17, 15) is 0 Å². The van der Waals surface area contributed by atoms with E-state index in [1.165, 1.54) is 29.5 Å². The molecule has 0 amide bonds. The lowest BCUT2D eigenvalue weighted by Gasteiger charge is -2.46. The van der Waals surface area contributed by atoms with Gasteiger partial charge in [0.25, 0.3) is 0 Å².